The molecule has 5 heteroatoms. The van der Waals surface area contributed by atoms with Crippen molar-refractivity contribution in [2.45, 2.75) is 33.1 Å². The molecule has 0 aliphatic heterocycles. The van der Waals surface area contributed by atoms with Gasteiger partial charge in [0, 0.05) is 11.1 Å². The Morgan fingerprint density at radius 1 is 1.29 bits per heavy atom. The molecule has 0 spiro atoms. The number of aliphatic carboxylic acids is 1. The highest BCUT2D eigenvalue weighted by Gasteiger charge is 2.07. The van der Waals surface area contributed by atoms with Crippen LogP contribution in [0.15, 0.2) is 24.3 Å². The Morgan fingerprint density at radius 2 is 1.76 bits per heavy atom. The summed E-state index contributed by atoms with van der Waals surface area (Å²) in [7, 11) is 1.30. The largest absolute Gasteiger partial charge is 0.478 e. The van der Waals surface area contributed by atoms with E-state index in [0.29, 0.717) is 12.0 Å². The molecule has 0 fully saturated rings. The summed E-state index contributed by atoms with van der Waals surface area (Å²) in [6.07, 6.45) is 2.68. The SMILES string of the molecule is C=C(C)C(=O)O.C=C(CCCC)C(=O)OOC. The number of rotatable bonds is 6. The number of carboxylic acids is 1. The standard InChI is InChI=1S/C8H14O3.C4H6O2/c1-4-5-6-7(2)8(9)11-10-3;1-3(2)4(5)6/h2,4-6H2,1,3H3;1H2,2H3,(H,5,6). The zero-order chi connectivity index (χ0) is 13.8. The molecule has 0 saturated carbocycles. The highest BCUT2D eigenvalue weighted by Crippen LogP contribution is 2.06. The lowest BCUT2D eigenvalue weighted by atomic mass is 10.1. The quantitative estimate of drug-likeness (QED) is 0.441. The van der Waals surface area contributed by atoms with Crippen LogP contribution in [0.2, 0.25) is 0 Å². The van der Waals surface area contributed by atoms with E-state index >= 15 is 0 Å². The summed E-state index contributed by atoms with van der Waals surface area (Å²) in [5.41, 5.74) is 0.642. The summed E-state index contributed by atoms with van der Waals surface area (Å²) in [6.45, 7) is 10.2. The van der Waals surface area contributed by atoms with E-state index in [1.807, 2.05) is 0 Å². The lowest BCUT2D eigenvalue weighted by Gasteiger charge is -2.01. The number of carbonyl (C=O) groups is 2. The van der Waals surface area contributed by atoms with E-state index in [0.717, 1.165) is 12.8 Å². The topological polar surface area (TPSA) is 72.8 Å². The third-order valence-electron chi connectivity index (χ3n) is 1.64. The maximum atomic E-state index is 10.8. The minimum Gasteiger partial charge on any atom is -0.478 e. The van der Waals surface area contributed by atoms with Crippen LogP contribution in [0.3, 0.4) is 0 Å². The molecule has 0 aliphatic rings. The van der Waals surface area contributed by atoms with Crippen molar-refractivity contribution in [3.8, 4) is 0 Å². The van der Waals surface area contributed by atoms with E-state index < -0.39 is 11.9 Å². The first-order valence-corrected chi connectivity index (χ1v) is 5.18. The second kappa shape index (κ2) is 10.9. The van der Waals surface area contributed by atoms with Crippen molar-refractivity contribution in [1.82, 2.24) is 0 Å². The van der Waals surface area contributed by atoms with Gasteiger partial charge in [-0.1, -0.05) is 26.5 Å². The predicted molar refractivity (Wildman–Crippen MR) is 64.2 cm³/mol. The van der Waals surface area contributed by atoms with Gasteiger partial charge in [-0.15, -0.1) is 0 Å². The van der Waals surface area contributed by atoms with Crippen molar-refractivity contribution in [3.05, 3.63) is 24.3 Å². The van der Waals surface area contributed by atoms with Gasteiger partial charge in [0.05, 0.1) is 7.11 Å². The van der Waals surface area contributed by atoms with Crippen LogP contribution in [0.5, 0.6) is 0 Å². The molecular weight excluding hydrogens is 224 g/mol. The summed E-state index contributed by atoms with van der Waals surface area (Å²) in [6, 6.07) is 0. The average molecular weight is 244 g/mol. The molecule has 0 rings (SSSR count). The summed E-state index contributed by atoms with van der Waals surface area (Å²) >= 11 is 0. The summed E-state index contributed by atoms with van der Waals surface area (Å²) < 4.78 is 0. The van der Waals surface area contributed by atoms with Crippen LogP contribution in [0, 0.1) is 0 Å². The van der Waals surface area contributed by atoms with E-state index in [1.54, 1.807) is 0 Å². The van der Waals surface area contributed by atoms with E-state index in [1.165, 1.54) is 14.0 Å². The summed E-state index contributed by atoms with van der Waals surface area (Å²) in [5.74, 6) is -1.41. The second-order valence-electron chi connectivity index (χ2n) is 3.33. The van der Waals surface area contributed by atoms with Crippen molar-refractivity contribution in [3.63, 3.8) is 0 Å². The Bertz CT molecular complexity index is 269. The van der Waals surface area contributed by atoms with E-state index in [-0.39, 0.29) is 5.57 Å². The van der Waals surface area contributed by atoms with Gasteiger partial charge < -0.3 is 5.11 Å². The maximum absolute atomic E-state index is 10.8. The van der Waals surface area contributed by atoms with Crippen LogP contribution in [-0.4, -0.2) is 24.2 Å². The molecule has 0 bridgehead atoms. The van der Waals surface area contributed by atoms with Gasteiger partial charge in [-0.2, -0.15) is 4.89 Å². The Balaban J connectivity index is 0. The van der Waals surface area contributed by atoms with Gasteiger partial charge in [0.25, 0.3) is 0 Å². The fourth-order valence-corrected chi connectivity index (χ4v) is 0.627. The third kappa shape index (κ3) is 12.3. The molecule has 0 atom stereocenters. The van der Waals surface area contributed by atoms with Gasteiger partial charge in [-0.25, -0.2) is 9.59 Å². The van der Waals surface area contributed by atoms with E-state index in [2.05, 4.69) is 29.9 Å². The Morgan fingerprint density at radius 3 is 2.06 bits per heavy atom. The van der Waals surface area contributed by atoms with Crippen LogP contribution < -0.4 is 0 Å². The normalized spacial score (nSPS) is 8.65. The molecule has 98 valence electrons. The minimum absolute atomic E-state index is 0.176. The van der Waals surface area contributed by atoms with Gasteiger partial charge in [-0.05, 0) is 19.8 Å². The van der Waals surface area contributed by atoms with E-state index in [9.17, 15) is 9.59 Å². The number of hydrogen-bond donors (Lipinski definition) is 1. The Labute approximate surface area is 102 Å². The predicted octanol–water partition coefficient (Wildman–Crippen LogP) is 2.48. The highest BCUT2D eigenvalue weighted by atomic mass is 17.2. The van der Waals surface area contributed by atoms with Crippen molar-refractivity contribution < 1.29 is 24.5 Å². The molecule has 0 aromatic carbocycles. The molecule has 0 unspecified atom stereocenters. The Hall–Kier alpha value is -1.62. The molecule has 1 N–H and O–H groups in total. The second-order valence-corrected chi connectivity index (χ2v) is 3.33. The lowest BCUT2D eigenvalue weighted by Crippen LogP contribution is -2.05. The highest BCUT2D eigenvalue weighted by molar-refractivity contribution is 5.87. The number of unbranched alkanes of at least 4 members (excludes halogenated alkanes) is 1. The minimum atomic E-state index is -0.935. The molecule has 0 heterocycles. The first-order chi connectivity index (χ1) is 7.86. The van der Waals surface area contributed by atoms with E-state index in [4.69, 9.17) is 5.11 Å². The molecule has 17 heavy (non-hydrogen) atoms. The molecular formula is C12H20O5. The number of hydrogen-bond acceptors (Lipinski definition) is 4. The molecule has 0 aliphatic carbocycles. The zero-order valence-corrected chi connectivity index (χ0v) is 10.6. The van der Waals surface area contributed by atoms with Crippen molar-refractivity contribution >= 4 is 11.9 Å². The molecule has 5 nitrogen and oxygen atoms in total. The average Bonchev–Trinajstić information content (AvgIpc) is 2.26. The van der Waals surface area contributed by atoms with Crippen LogP contribution >= 0.6 is 0 Å². The molecule has 0 radical (unpaired) electrons. The van der Waals surface area contributed by atoms with Crippen LogP contribution in [-0.2, 0) is 19.4 Å². The number of carbonyl (C=O) groups excluding carboxylic acids is 1. The number of carboxylic acid groups (broad SMARTS) is 1. The van der Waals surface area contributed by atoms with Crippen molar-refractivity contribution in [2.75, 3.05) is 7.11 Å². The first kappa shape index (κ1) is 17.8. The van der Waals surface area contributed by atoms with Crippen LogP contribution in [0.1, 0.15) is 33.1 Å². The van der Waals surface area contributed by atoms with Gasteiger partial charge in [0.2, 0.25) is 0 Å². The monoisotopic (exact) mass is 244 g/mol. The molecule has 0 aromatic rings. The summed E-state index contributed by atoms with van der Waals surface area (Å²) in [4.78, 5) is 28.9. The van der Waals surface area contributed by atoms with Gasteiger partial charge in [0.1, 0.15) is 0 Å². The fourth-order valence-electron chi connectivity index (χ4n) is 0.627. The van der Waals surface area contributed by atoms with Crippen LogP contribution in [0.25, 0.3) is 0 Å². The first-order valence-electron chi connectivity index (χ1n) is 5.18. The zero-order valence-electron chi connectivity index (χ0n) is 10.6. The Kier molecular flexibility index (Phi) is 11.4. The molecule has 0 amide bonds. The third-order valence-corrected chi connectivity index (χ3v) is 1.64. The van der Waals surface area contributed by atoms with Gasteiger partial charge in [0.15, 0.2) is 0 Å². The van der Waals surface area contributed by atoms with Crippen molar-refractivity contribution in [2.24, 2.45) is 0 Å². The van der Waals surface area contributed by atoms with Crippen LogP contribution in [0.4, 0.5) is 0 Å². The molecule has 0 aromatic heterocycles. The molecule has 0 saturated heterocycles. The maximum Gasteiger partial charge on any atom is 0.368 e. The smallest absolute Gasteiger partial charge is 0.368 e. The fraction of sp³-hybridized carbons (Fsp3) is 0.500. The lowest BCUT2D eigenvalue weighted by molar-refractivity contribution is -0.250. The summed E-state index contributed by atoms with van der Waals surface area (Å²) in [5, 5.41) is 7.89. The van der Waals surface area contributed by atoms with Gasteiger partial charge >= 0.3 is 11.9 Å². The van der Waals surface area contributed by atoms with Gasteiger partial charge in [-0.3, -0.25) is 4.89 Å². The van der Waals surface area contributed by atoms with Crippen molar-refractivity contribution in [1.29, 1.82) is 0 Å².